The minimum Gasteiger partial charge on any atom is -0.366 e. The third-order valence-corrected chi connectivity index (χ3v) is 7.82. The predicted octanol–water partition coefficient (Wildman–Crippen LogP) is 7.53. The molecule has 1 heterocycles. The van der Waals surface area contributed by atoms with Crippen LogP contribution in [0.1, 0.15) is 64.2 Å². The van der Waals surface area contributed by atoms with Gasteiger partial charge < -0.3 is 20.4 Å². The molecule has 2 aliphatic carbocycles. The monoisotopic (exact) mass is 444 g/mol. The molecular formula is C29H40N4. The van der Waals surface area contributed by atoms with Gasteiger partial charge in [0.15, 0.2) is 0 Å². The number of fused-ring (bicyclic) bond motifs is 1. The molecule has 5 rings (SSSR count). The number of hydrogen-bond acceptors (Lipinski definition) is 4. The van der Waals surface area contributed by atoms with E-state index in [2.05, 4.69) is 75.6 Å². The number of anilines is 5. The van der Waals surface area contributed by atoms with Gasteiger partial charge >= 0.3 is 0 Å². The Morgan fingerprint density at radius 2 is 1.70 bits per heavy atom. The van der Waals surface area contributed by atoms with Crippen LogP contribution in [0.4, 0.5) is 28.4 Å². The first-order valence-electron chi connectivity index (χ1n) is 13.2. The molecule has 0 spiro atoms. The molecule has 0 amide bonds. The first-order valence-corrected chi connectivity index (χ1v) is 13.2. The highest BCUT2D eigenvalue weighted by Crippen LogP contribution is 2.44. The highest BCUT2D eigenvalue weighted by atomic mass is 15.3. The van der Waals surface area contributed by atoms with Gasteiger partial charge in [-0.3, -0.25) is 0 Å². The molecule has 0 radical (unpaired) electrons. The van der Waals surface area contributed by atoms with Gasteiger partial charge in [-0.15, -0.1) is 6.58 Å². The van der Waals surface area contributed by atoms with Gasteiger partial charge in [-0.2, -0.15) is 0 Å². The average molecular weight is 445 g/mol. The number of nitrogens with zero attached hydrogens (tertiary/aromatic N) is 2. The molecule has 176 valence electrons. The van der Waals surface area contributed by atoms with Gasteiger partial charge in [0.05, 0.1) is 29.4 Å². The summed E-state index contributed by atoms with van der Waals surface area (Å²) >= 11 is 0. The summed E-state index contributed by atoms with van der Waals surface area (Å²) in [5, 5.41) is 7.43. The SMILES string of the molecule is C=CCN(c1cc2c(cc1Nc1ccccc1)NCN2CC1CCCCC1)C1CCCCC1. The summed E-state index contributed by atoms with van der Waals surface area (Å²) in [6, 6.07) is 16.0. The van der Waals surface area contributed by atoms with E-state index in [0.29, 0.717) is 6.04 Å². The zero-order valence-electron chi connectivity index (χ0n) is 20.1. The fourth-order valence-electron chi connectivity index (χ4n) is 6.08. The van der Waals surface area contributed by atoms with Crippen LogP contribution in [-0.4, -0.2) is 25.8 Å². The van der Waals surface area contributed by atoms with E-state index in [1.54, 1.807) is 0 Å². The number of benzene rings is 2. The van der Waals surface area contributed by atoms with E-state index < -0.39 is 0 Å². The first-order chi connectivity index (χ1) is 16.3. The van der Waals surface area contributed by atoms with Crippen molar-refractivity contribution in [3.05, 3.63) is 55.1 Å². The van der Waals surface area contributed by atoms with E-state index in [4.69, 9.17) is 0 Å². The summed E-state index contributed by atoms with van der Waals surface area (Å²) in [5.41, 5.74) is 6.29. The van der Waals surface area contributed by atoms with Gasteiger partial charge in [-0.1, -0.05) is 62.8 Å². The second-order valence-electron chi connectivity index (χ2n) is 10.2. The summed E-state index contributed by atoms with van der Waals surface area (Å²) in [7, 11) is 0. The van der Waals surface area contributed by atoms with Crippen LogP contribution in [0.3, 0.4) is 0 Å². The van der Waals surface area contributed by atoms with Gasteiger partial charge in [0.2, 0.25) is 0 Å². The third kappa shape index (κ3) is 5.15. The smallest absolute Gasteiger partial charge is 0.0877 e. The lowest BCUT2D eigenvalue weighted by atomic mass is 9.89. The van der Waals surface area contributed by atoms with E-state index in [0.717, 1.165) is 24.8 Å². The van der Waals surface area contributed by atoms with E-state index in [9.17, 15) is 0 Å². The van der Waals surface area contributed by atoms with Crippen LogP contribution >= 0.6 is 0 Å². The molecule has 2 fully saturated rings. The number of rotatable bonds is 8. The van der Waals surface area contributed by atoms with Crippen molar-refractivity contribution < 1.29 is 0 Å². The lowest BCUT2D eigenvalue weighted by Crippen LogP contribution is -2.37. The molecule has 0 bridgehead atoms. The van der Waals surface area contributed by atoms with E-state index >= 15 is 0 Å². The van der Waals surface area contributed by atoms with Crippen molar-refractivity contribution in [1.29, 1.82) is 0 Å². The summed E-state index contributed by atoms with van der Waals surface area (Å²) < 4.78 is 0. The van der Waals surface area contributed by atoms with E-state index in [-0.39, 0.29) is 0 Å². The van der Waals surface area contributed by atoms with Gasteiger partial charge in [0.25, 0.3) is 0 Å². The molecule has 0 atom stereocenters. The van der Waals surface area contributed by atoms with Crippen molar-refractivity contribution in [2.45, 2.75) is 70.3 Å². The van der Waals surface area contributed by atoms with Crippen LogP contribution in [0.25, 0.3) is 0 Å². The maximum Gasteiger partial charge on any atom is 0.0877 e. The Labute approximate surface area is 200 Å². The molecule has 2 aromatic rings. The molecule has 2 aromatic carbocycles. The topological polar surface area (TPSA) is 30.5 Å². The summed E-state index contributed by atoms with van der Waals surface area (Å²) in [4.78, 5) is 5.21. The number of para-hydroxylation sites is 1. The zero-order valence-corrected chi connectivity index (χ0v) is 20.1. The molecule has 2 saturated carbocycles. The van der Waals surface area contributed by atoms with Crippen LogP contribution < -0.4 is 20.4 Å². The summed E-state index contributed by atoms with van der Waals surface area (Å²) in [6.45, 7) is 7.10. The van der Waals surface area contributed by atoms with Crippen molar-refractivity contribution in [3.63, 3.8) is 0 Å². The molecular weight excluding hydrogens is 404 g/mol. The van der Waals surface area contributed by atoms with Crippen LogP contribution in [0, 0.1) is 5.92 Å². The predicted molar refractivity (Wildman–Crippen MR) is 143 cm³/mol. The summed E-state index contributed by atoms with van der Waals surface area (Å²) in [5.74, 6) is 0.833. The van der Waals surface area contributed by atoms with Gasteiger partial charge in [-0.05, 0) is 55.9 Å². The van der Waals surface area contributed by atoms with Crippen LogP contribution in [0.2, 0.25) is 0 Å². The Morgan fingerprint density at radius 3 is 2.42 bits per heavy atom. The molecule has 0 aromatic heterocycles. The maximum absolute atomic E-state index is 4.11. The van der Waals surface area contributed by atoms with Crippen LogP contribution in [0.5, 0.6) is 0 Å². The molecule has 0 unspecified atom stereocenters. The molecule has 33 heavy (non-hydrogen) atoms. The molecule has 2 N–H and O–H groups in total. The standard InChI is InChI=1S/C29H40N4/c1-2-18-33(25-16-10-5-11-17-25)29-20-28-26(19-27(29)31-24-14-8-4-9-15-24)30-22-32(28)21-23-12-6-3-7-13-23/h2,4,8-9,14-15,19-20,23,25,30-31H,1,3,5-7,10-13,16-18,21-22H2. The van der Waals surface area contributed by atoms with Gasteiger partial charge in [-0.25, -0.2) is 0 Å². The second kappa shape index (κ2) is 10.5. The van der Waals surface area contributed by atoms with Crippen molar-refractivity contribution in [3.8, 4) is 0 Å². The van der Waals surface area contributed by atoms with Crippen molar-refractivity contribution >= 4 is 28.4 Å². The molecule has 1 aliphatic heterocycles. The maximum atomic E-state index is 4.11. The van der Waals surface area contributed by atoms with Crippen LogP contribution in [-0.2, 0) is 0 Å². The zero-order chi connectivity index (χ0) is 22.5. The van der Waals surface area contributed by atoms with E-state index in [1.807, 2.05) is 0 Å². The third-order valence-electron chi connectivity index (χ3n) is 7.82. The normalized spacial score (nSPS) is 19.1. The van der Waals surface area contributed by atoms with Crippen molar-refractivity contribution in [1.82, 2.24) is 0 Å². The minimum atomic E-state index is 0.590. The molecule has 3 aliphatic rings. The number of hydrogen-bond donors (Lipinski definition) is 2. The Hall–Kier alpha value is -2.62. The summed E-state index contributed by atoms with van der Waals surface area (Å²) in [6.07, 6.45) is 15.7. The molecule has 4 nitrogen and oxygen atoms in total. The van der Waals surface area contributed by atoms with Crippen molar-refractivity contribution in [2.75, 3.05) is 40.2 Å². The van der Waals surface area contributed by atoms with Crippen molar-refractivity contribution in [2.24, 2.45) is 5.92 Å². The minimum absolute atomic E-state index is 0.590. The fraction of sp³-hybridized carbons (Fsp3) is 0.517. The van der Waals surface area contributed by atoms with Gasteiger partial charge in [0, 0.05) is 24.8 Å². The fourth-order valence-corrected chi connectivity index (χ4v) is 6.08. The lowest BCUT2D eigenvalue weighted by molar-refractivity contribution is 0.360. The second-order valence-corrected chi connectivity index (χ2v) is 10.2. The largest absolute Gasteiger partial charge is 0.366 e. The Kier molecular flexibility index (Phi) is 7.09. The Bertz CT molecular complexity index is 913. The highest BCUT2D eigenvalue weighted by Gasteiger charge is 2.28. The average Bonchev–Trinajstić information content (AvgIpc) is 3.25. The van der Waals surface area contributed by atoms with E-state index in [1.165, 1.54) is 93.5 Å². The number of nitrogens with one attached hydrogen (secondary N) is 2. The Morgan fingerprint density at radius 1 is 0.970 bits per heavy atom. The molecule has 0 saturated heterocycles. The quantitative estimate of drug-likeness (QED) is 0.412. The van der Waals surface area contributed by atoms with Gasteiger partial charge in [0.1, 0.15) is 0 Å². The molecule has 4 heteroatoms. The first kappa shape index (κ1) is 22.2. The highest BCUT2D eigenvalue weighted by molar-refractivity contribution is 5.89. The van der Waals surface area contributed by atoms with Crippen LogP contribution in [0.15, 0.2) is 55.1 Å². The lowest BCUT2D eigenvalue weighted by Gasteiger charge is -2.37. The Balaban J connectivity index is 1.49.